The molecule has 0 aliphatic rings. The summed E-state index contributed by atoms with van der Waals surface area (Å²) in [6.07, 6.45) is 3.85. The van der Waals surface area contributed by atoms with E-state index < -0.39 is 0 Å². The number of Topliss-reactive ketones (excluding diaryl/α,β-unsaturated/α-hetero) is 1. The molecule has 0 amide bonds. The number of nitrogens with two attached hydrogens (primary N) is 1. The van der Waals surface area contributed by atoms with Gasteiger partial charge < -0.3 is 5.73 Å². The zero-order valence-electron chi connectivity index (χ0n) is 10.8. The first-order chi connectivity index (χ1) is 7.01. The molecule has 0 aliphatic carbocycles. The van der Waals surface area contributed by atoms with Crippen LogP contribution in [-0.4, -0.2) is 12.3 Å². The molecule has 0 fully saturated rings. The summed E-state index contributed by atoms with van der Waals surface area (Å²) in [7, 11) is 0. The van der Waals surface area contributed by atoms with Crippen LogP contribution < -0.4 is 5.73 Å². The molecular weight excluding hydrogens is 186 g/mol. The van der Waals surface area contributed by atoms with Crippen LogP contribution in [0.4, 0.5) is 0 Å². The van der Waals surface area contributed by atoms with Crippen molar-refractivity contribution in [2.45, 2.75) is 53.4 Å². The second kappa shape index (κ2) is 7.86. The van der Waals surface area contributed by atoms with Gasteiger partial charge in [-0.25, -0.2) is 0 Å². The van der Waals surface area contributed by atoms with Gasteiger partial charge in [0.1, 0.15) is 5.78 Å². The molecule has 0 aromatic rings. The third-order valence-corrected chi connectivity index (χ3v) is 2.90. The highest BCUT2D eigenvalue weighted by atomic mass is 16.1. The standard InChI is InChI=1S/C13H27NO/c1-5-6-11(4)13(15)8-12(9-14)7-10(2)3/h10-12H,5-9,14H2,1-4H3/t11?,12-/m0/s1. The predicted molar refractivity (Wildman–Crippen MR) is 65.7 cm³/mol. The van der Waals surface area contributed by atoms with E-state index in [0.29, 0.717) is 30.6 Å². The number of hydrogen-bond donors (Lipinski definition) is 1. The largest absolute Gasteiger partial charge is 0.330 e. The quantitative estimate of drug-likeness (QED) is 0.673. The summed E-state index contributed by atoms with van der Waals surface area (Å²) in [6.45, 7) is 9.17. The lowest BCUT2D eigenvalue weighted by Crippen LogP contribution is -2.23. The number of carbonyl (C=O) groups excluding carboxylic acids is 1. The van der Waals surface area contributed by atoms with Crippen molar-refractivity contribution < 1.29 is 4.79 Å². The highest BCUT2D eigenvalue weighted by Crippen LogP contribution is 2.18. The van der Waals surface area contributed by atoms with Gasteiger partial charge in [0.2, 0.25) is 0 Å². The normalized spacial score (nSPS) is 15.3. The molecular formula is C13H27NO. The summed E-state index contributed by atoms with van der Waals surface area (Å²) in [5.74, 6) is 1.63. The van der Waals surface area contributed by atoms with Gasteiger partial charge in [0, 0.05) is 12.3 Å². The molecule has 2 atom stereocenters. The minimum absolute atomic E-state index is 0.219. The van der Waals surface area contributed by atoms with Crippen molar-refractivity contribution in [3.05, 3.63) is 0 Å². The van der Waals surface area contributed by atoms with Gasteiger partial charge in [-0.2, -0.15) is 0 Å². The molecule has 0 aromatic carbocycles. The van der Waals surface area contributed by atoms with E-state index in [1.165, 1.54) is 0 Å². The topological polar surface area (TPSA) is 43.1 Å². The van der Waals surface area contributed by atoms with E-state index in [1.807, 2.05) is 6.92 Å². The van der Waals surface area contributed by atoms with Crippen LogP contribution in [0.2, 0.25) is 0 Å². The molecule has 0 saturated carbocycles. The molecule has 2 N–H and O–H groups in total. The van der Waals surface area contributed by atoms with E-state index in [-0.39, 0.29) is 5.92 Å². The van der Waals surface area contributed by atoms with Crippen molar-refractivity contribution in [3.8, 4) is 0 Å². The summed E-state index contributed by atoms with van der Waals surface area (Å²) in [4.78, 5) is 11.8. The lowest BCUT2D eigenvalue weighted by molar-refractivity contribution is -0.123. The molecule has 90 valence electrons. The summed E-state index contributed by atoms with van der Waals surface area (Å²) in [6, 6.07) is 0. The first-order valence-corrected chi connectivity index (χ1v) is 6.24. The molecule has 0 heterocycles. The Morgan fingerprint density at radius 1 is 1.27 bits per heavy atom. The van der Waals surface area contributed by atoms with Gasteiger partial charge in [0.05, 0.1) is 0 Å². The van der Waals surface area contributed by atoms with Crippen molar-refractivity contribution in [1.29, 1.82) is 0 Å². The minimum atomic E-state index is 0.219. The average molecular weight is 213 g/mol. The SMILES string of the molecule is CCCC(C)C(=O)C[C@@H](CN)CC(C)C. The molecule has 0 bridgehead atoms. The zero-order valence-corrected chi connectivity index (χ0v) is 10.8. The fraction of sp³-hybridized carbons (Fsp3) is 0.923. The van der Waals surface area contributed by atoms with Crippen molar-refractivity contribution in [2.24, 2.45) is 23.5 Å². The Morgan fingerprint density at radius 3 is 2.27 bits per heavy atom. The van der Waals surface area contributed by atoms with Crippen LogP contribution in [0.15, 0.2) is 0 Å². The molecule has 0 radical (unpaired) electrons. The van der Waals surface area contributed by atoms with Gasteiger partial charge in [0.25, 0.3) is 0 Å². The van der Waals surface area contributed by atoms with Crippen LogP contribution in [0.3, 0.4) is 0 Å². The number of rotatable bonds is 8. The van der Waals surface area contributed by atoms with E-state index in [1.54, 1.807) is 0 Å². The molecule has 0 aromatic heterocycles. The molecule has 0 saturated heterocycles. The highest BCUT2D eigenvalue weighted by Gasteiger charge is 2.18. The Bertz CT molecular complexity index is 177. The molecule has 0 aliphatic heterocycles. The Hall–Kier alpha value is -0.370. The van der Waals surface area contributed by atoms with Crippen LogP contribution in [0, 0.1) is 17.8 Å². The zero-order chi connectivity index (χ0) is 11.8. The predicted octanol–water partition coefficient (Wildman–Crippen LogP) is 3.00. The monoisotopic (exact) mass is 213 g/mol. The molecule has 1 unspecified atom stereocenters. The van der Waals surface area contributed by atoms with Crippen LogP contribution in [0.1, 0.15) is 53.4 Å². The van der Waals surface area contributed by atoms with E-state index in [0.717, 1.165) is 19.3 Å². The molecule has 0 spiro atoms. The van der Waals surface area contributed by atoms with Gasteiger partial charge in [-0.1, -0.05) is 34.1 Å². The van der Waals surface area contributed by atoms with Crippen molar-refractivity contribution >= 4 is 5.78 Å². The fourth-order valence-electron chi connectivity index (χ4n) is 2.01. The van der Waals surface area contributed by atoms with E-state index in [2.05, 4.69) is 20.8 Å². The maximum atomic E-state index is 11.8. The minimum Gasteiger partial charge on any atom is -0.330 e. The van der Waals surface area contributed by atoms with Gasteiger partial charge in [-0.3, -0.25) is 4.79 Å². The van der Waals surface area contributed by atoms with Gasteiger partial charge in [-0.05, 0) is 31.2 Å². The fourth-order valence-corrected chi connectivity index (χ4v) is 2.01. The number of carbonyl (C=O) groups is 1. The Labute approximate surface area is 94.6 Å². The lowest BCUT2D eigenvalue weighted by atomic mass is 9.88. The summed E-state index contributed by atoms with van der Waals surface area (Å²) < 4.78 is 0. The smallest absolute Gasteiger partial charge is 0.136 e. The Kier molecular flexibility index (Phi) is 7.67. The maximum absolute atomic E-state index is 11.8. The lowest BCUT2D eigenvalue weighted by Gasteiger charge is -2.18. The third kappa shape index (κ3) is 6.67. The first kappa shape index (κ1) is 14.6. The van der Waals surface area contributed by atoms with Crippen molar-refractivity contribution in [3.63, 3.8) is 0 Å². The molecule has 0 rings (SSSR count). The summed E-state index contributed by atoms with van der Waals surface area (Å²) >= 11 is 0. The van der Waals surface area contributed by atoms with Crippen LogP contribution in [-0.2, 0) is 4.79 Å². The number of hydrogen-bond acceptors (Lipinski definition) is 2. The molecule has 2 nitrogen and oxygen atoms in total. The van der Waals surface area contributed by atoms with E-state index in [9.17, 15) is 4.79 Å². The Morgan fingerprint density at radius 2 is 1.87 bits per heavy atom. The maximum Gasteiger partial charge on any atom is 0.136 e. The highest BCUT2D eigenvalue weighted by molar-refractivity contribution is 5.80. The molecule has 15 heavy (non-hydrogen) atoms. The van der Waals surface area contributed by atoms with E-state index >= 15 is 0 Å². The van der Waals surface area contributed by atoms with Crippen LogP contribution in [0.25, 0.3) is 0 Å². The third-order valence-electron chi connectivity index (χ3n) is 2.90. The first-order valence-electron chi connectivity index (χ1n) is 6.24. The van der Waals surface area contributed by atoms with Gasteiger partial charge in [0.15, 0.2) is 0 Å². The van der Waals surface area contributed by atoms with Crippen molar-refractivity contribution in [2.75, 3.05) is 6.54 Å². The average Bonchev–Trinajstić information content (AvgIpc) is 2.16. The van der Waals surface area contributed by atoms with Crippen LogP contribution in [0.5, 0.6) is 0 Å². The second-order valence-electron chi connectivity index (χ2n) is 5.09. The van der Waals surface area contributed by atoms with Gasteiger partial charge >= 0.3 is 0 Å². The van der Waals surface area contributed by atoms with E-state index in [4.69, 9.17) is 5.73 Å². The van der Waals surface area contributed by atoms with Crippen LogP contribution >= 0.6 is 0 Å². The summed E-state index contributed by atoms with van der Waals surface area (Å²) in [5.41, 5.74) is 5.69. The summed E-state index contributed by atoms with van der Waals surface area (Å²) in [5, 5.41) is 0. The molecule has 2 heteroatoms. The Balaban J connectivity index is 4.00. The van der Waals surface area contributed by atoms with Crippen molar-refractivity contribution in [1.82, 2.24) is 0 Å². The number of ketones is 1. The van der Waals surface area contributed by atoms with Gasteiger partial charge in [-0.15, -0.1) is 0 Å². The second-order valence-corrected chi connectivity index (χ2v) is 5.09.